The van der Waals surface area contributed by atoms with E-state index in [-0.39, 0.29) is 30.4 Å². The molecule has 0 aromatic carbocycles. The molecule has 4 unspecified atom stereocenters. The summed E-state index contributed by atoms with van der Waals surface area (Å²) >= 11 is 0. The van der Waals surface area contributed by atoms with Crippen LogP contribution in [0.2, 0.25) is 0 Å². The Kier molecular flexibility index (Phi) is 36.8. The molecule has 2 aliphatic rings. The first-order valence-corrected chi connectivity index (χ1v) is 28.5. The molecule has 0 aromatic rings. The Labute approximate surface area is 392 Å². The summed E-state index contributed by atoms with van der Waals surface area (Å²) in [5, 5.41) is 9.40. The number of unbranched alkanes of at least 4 members (excludes halogenated alkanes) is 22. The molecule has 1 N–H and O–H groups in total. The number of nitrogens with zero attached hydrogens (tertiary/aromatic N) is 1. The van der Waals surface area contributed by atoms with Crippen LogP contribution in [0.15, 0.2) is 0 Å². The first-order valence-electron chi connectivity index (χ1n) is 28.5. The van der Waals surface area contributed by atoms with Crippen molar-refractivity contribution in [3.63, 3.8) is 0 Å². The van der Waals surface area contributed by atoms with Crippen molar-refractivity contribution in [2.24, 2.45) is 29.1 Å². The molecular weight excluding hydrogens is 779 g/mol. The number of rotatable bonds is 45. The van der Waals surface area contributed by atoms with Crippen molar-refractivity contribution in [3.05, 3.63) is 0 Å². The minimum Gasteiger partial charge on any atom is -0.465 e. The molecule has 6 nitrogen and oxygen atoms in total. The van der Waals surface area contributed by atoms with Crippen molar-refractivity contribution in [1.82, 2.24) is 4.90 Å². The summed E-state index contributed by atoms with van der Waals surface area (Å²) in [5.41, 5.74) is 0.563. The summed E-state index contributed by atoms with van der Waals surface area (Å²) in [4.78, 5) is 29.0. The molecule has 2 bridgehead atoms. The maximum absolute atomic E-state index is 13.4. The highest BCUT2D eigenvalue weighted by Crippen LogP contribution is 2.50. The average Bonchev–Trinajstić information content (AvgIpc) is 3.27. The van der Waals surface area contributed by atoms with E-state index in [1.807, 2.05) is 0 Å². The summed E-state index contributed by atoms with van der Waals surface area (Å²) in [7, 11) is 0. The van der Waals surface area contributed by atoms with E-state index in [2.05, 4.69) is 32.6 Å². The van der Waals surface area contributed by atoms with E-state index in [9.17, 15) is 14.7 Å². The minimum atomic E-state index is 0.0576. The van der Waals surface area contributed by atoms with E-state index in [1.54, 1.807) is 0 Å². The second kappa shape index (κ2) is 40.0. The van der Waals surface area contributed by atoms with Crippen molar-refractivity contribution in [3.8, 4) is 0 Å². The van der Waals surface area contributed by atoms with Crippen molar-refractivity contribution >= 4 is 11.9 Å². The van der Waals surface area contributed by atoms with Crippen LogP contribution in [-0.2, 0) is 19.1 Å². The molecule has 2 fully saturated rings. The van der Waals surface area contributed by atoms with Gasteiger partial charge in [-0.2, -0.15) is 0 Å². The number of hydrogen-bond donors (Lipinski definition) is 1. The van der Waals surface area contributed by atoms with Crippen LogP contribution in [0.5, 0.6) is 0 Å². The number of ether oxygens (including phenoxy) is 2. The molecule has 0 saturated heterocycles. The Morgan fingerprint density at radius 3 is 1.32 bits per heavy atom. The lowest BCUT2D eigenvalue weighted by Gasteiger charge is -2.45. The smallest absolute Gasteiger partial charge is 0.308 e. The molecule has 0 aliphatic heterocycles. The highest BCUT2D eigenvalue weighted by molar-refractivity contribution is 5.72. The second-order valence-corrected chi connectivity index (χ2v) is 21.5. The molecule has 372 valence electrons. The van der Waals surface area contributed by atoms with Crippen LogP contribution < -0.4 is 0 Å². The van der Waals surface area contributed by atoms with E-state index >= 15 is 0 Å². The van der Waals surface area contributed by atoms with Gasteiger partial charge in [0.05, 0.1) is 25.0 Å². The third kappa shape index (κ3) is 30.7. The van der Waals surface area contributed by atoms with Gasteiger partial charge in [0, 0.05) is 6.61 Å². The van der Waals surface area contributed by atoms with Crippen molar-refractivity contribution in [1.29, 1.82) is 0 Å². The maximum atomic E-state index is 13.4. The van der Waals surface area contributed by atoms with Gasteiger partial charge in [-0.25, -0.2) is 0 Å². The lowest BCUT2D eigenvalue weighted by molar-refractivity contribution is -0.150. The number of carbonyl (C=O) groups is 2. The van der Waals surface area contributed by atoms with Gasteiger partial charge in [0.15, 0.2) is 0 Å². The summed E-state index contributed by atoms with van der Waals surface area (Å²) in [5.74, 6) is 2.30. The van der Waals surface area contributed by atoms with Crippen molar-refractivity contribution in [2.75, 3.05) is 39.5 Å². The van der Waals surface area contributed by atoms with Gasteiger partial charge < -0.3 is 19.5 Å². The first kappa shape index (κ1) is 58.0. The zero-order valence-corrected chi connectivity index (χ0v) is 42.9. The van der Waals surface area contributed by atoms with E-state index in [4.69, 9.17) is 9.47 Å². The van der Waals surface area contributed by atoms with E-state index in [1.165, 1.54) is 167 Å². The molecule has 0 spiro atoms. The van der Waals surface area contributed by atoms with Gasteiger partial charge in [-0.3, -0.25) is 9.59 Å². The topological polar surface area (TPSA) is 76.1 Å². The molecule has 4 atom stereocenters. The van der Waals surface area contributed by atoms with Gasteiger partial charge in [-0.15, -0.1) is 0 Å². The number of hydrogen-bond acceptors (Lipinski definition) is 6. The molecule has 0 radical (unpaired) electrons. The van der Waals surface area contributed by atoms with Crippen LogP contribution in [0.25, 0.3) is 0 Å². The molecule has 6 heteroatoms. The molecule has 0 aromatic heterocycles. The molecule has 0 amide bonds. The fourth-order valence-electron chi connectivity index (χ4n) is 11.4. The monoisotopic (exact) mass is 888 g/mol. The molecule has 63 heavy (non-hydrogen) atoms. The maximum Gasteiger partial charge on any atom is 0.308 e. The van der Waals surface area contributed by atoms with E-state index in [0.717, 1.165) is 121 Å². The Balaban J connectivity index is 1.63. The summed E-state index contributed by atoms with van der Waals surface area (Å²) in [6, 6.07) is 0. The first-order chi connectivity index (χ1) is 30.8. The van der Waals surface area contributed by atoms with Crippen LogP contribution in [0.4, 0.5) is 0 Å². The van der Waals surface area contributed by atoms with Gasteiger partial charge in [0.1, 0.15) is 0 Å². The van der Waals surface area contributed by atoms with Crippen molar-refractivity contribution in [2.45, 2.75) is 285 Å². The van der Waals surface area contributed by atoms with Gasteiger partial charge in [-0.1, -0.05) is 195 Å². The predicted octanol–water partition coefficient (Wildman–Crippen LogP) is 16.5. The lowest BCUT2D eigenvalue weighted by atomic mass is 9.60. The van der Waals surface area contributed by atoms with Crippen LogP contribution in [0.1, 0.15) is 285 Å². The van der Waals surface area contributed by atoms with E-state index < -0.39 is 0 Å². The fourth-order valence-corrected chi connectivity index (χ4v) is 11.4. The number of aliphatic hydroxyl groups excluding tert-OH is 1. The summed E-state index contributed by atoms with van der Waals surface area (Å²) in [6.45, 7) is 14.0. The van der Waals surface area contributed by atoms with Crippen molar-refractivity contribution < 1.29 is 24.2 Å². The van der Waals surface area contributed by atoms with Gasteiger partial charge in [-0.05, 0) is 127 Å². The van der Waals surface area contributed by atoms with Gasteiger partial charge in [0.2, 0.25) is 0 Å². The highest BCUT2D eigenvalue weighted by atomic mass is 16.5. The van der Waals surface area contributed by atoms with Gasteiger partial charge >= 0.3 is 11.9 Å². The van der Waals surface area contributed by atoms with Crippen LogP contribution in [-0.4, -0.2) is 61.4 Å². The Morgan fingerprint density at radius 1 is 0.508 bits per heavy atom. The quantitative estimate of drug-likeness (QED) is 0.0485. The fraction of sp³-hybridized carbons (Fsp3) is 0.965. The zero-order chi connectivity index (χ0) is 45.5. The highest BCUT2D eigenvalue weighted by Gasteiger charge is 2.38. The van der Waals surface area contributed by atoms with Crippen LogP contribution in [0.3, 0.4) is 0 Å². The van der Waals surface area contributed by atoms with Crippen LogP contribution >= 0.6 is 0 Å². The Bertz CT molecular complexity index is 1040. The minimum absolute atomic E-state index is 0.0576. The average molecular weight is 889 g/mol. The third-order valence-electron chi connectivity index (χ3n) is 15.3. The summed E-state index contributed by atoms with van der Waals surface area (Å²) in [6.07, 6.45) is 48.8. The van der Waals surface area contributed by atoms with Gasteiger partial charge in [0.25, 0.3) is 0 Å². The molecule has 0 heterocycles. The second-order valence-electron chi connectivity index (χ2n) is 21.5. The lowest BCUT2D eigenvalue weighted by Crippen LogP contribution is -2.33. The van der Waals surface area contributed by atoms with Crippen LogP contribution in [0, 0.1) is 29.1 Å². The Hall–Kier alpha value is -1.14. The third-order valence-corrected chi connectivity index (χ3v) is 15.3. The number of esters is 2. The Morgan fingerprint density at radius 2 is 0.873 bits per heavy atom. The largest absolute Gasteiger partial charge is 0.465 e. The van der Waals surface area contributed by atoms with E-state index in [0.29, 0.717) is 18.6 Å². The summed E-state index contributed by atoms with van der Waals surface area (Å²) < 4.78 is 11.8. The normalized spacial score (nSPS) is 19.7. The molecular formula is C57H109NO5. The molecule has 2 rings (SSSR count). The predicted molar refractivity (Wildman–Crippen MR) is 269 cm³/mol. The molecule has 2 saturated carbocycles. The SMILES string of the molecule is CCCCCCCCC(CCCCCC)C(=O)OCCCCCCN(CCCCO)CCCCCCOC(=O)C(CCCCCCCC)CCCCCC1(C)CC2CCCC(C2)C1. The zero-order valence-electron chi connectivity index (χ0n) is 42.9. The number of carbonyl (C=O) groups excluding carboxylic acids is 2. The number of aliphatic hydroxyl groups is 1. The standard InChI is InChI=1S/C57H109NO5/c1-5-8-11-14-16-24-38-53(37-23-13-10-7-3)55(60)62-46-32-20-18-28-42-58(44-30-31-45-59)43-29-19-21-33-47-63-56(61)54(39-25-17-15-12-9-6-2)40-26-22-27-41-57(4)49-51-35-34-36-52(48-51)50-57/h51-54,59H,5-50H2,1-4H3. The molecule has 2 aliphatic carbocycles. The number of fused-ring (bicyclic) bond motifs is 2.